The molecule has 0 bridgehead atoms. The van der Waals surface area contributed by atoms with Crippen molar-refractivity contribution in [3.8, 4) is 0 Å². The van der Waals surface area contributed by atoms with Gasteiger partial charge in [0, 0.05) is 0 Å². The van der Waals surface area contributed by atoms with E-state index in [0.29, 0.717) is 5.57 Å². The van der Waals surface area contributed by atoms with E-state index in [0.717, 1.165) is 12.8 Å². The van der Waals surface area contributed by atoms with E-state index in [-0.39, 0.29) is 5.97 Å². The Morgan fingerprint density at radius 3 is 3.11 bits per heavy atom. The SMILES string of the molecule is COC(=O)C1=C=CCC1. The van der Waals surface area contributed by atoms with Gasteiger partial charge in [0.15, 0.2) is 0 Å². The van der Waals surface area contributed by atoms with Crippen LogP contribution in [-0.2, 0) is 9.53 Å². The van der Waals surface area contributed by atoms with Crippen molar-refractivity contribution in [2.75, 3.05) is 7.11 Å². The molecule has 0 amide bonds. The molecule has 48 valence electrons. The van der Waals surface area contributed by atoms with E-state index in [1.54, 1.807) is 0 Å². The van der Waals surface area contributed by atoms with Crippen LogP contribution in [0.25, 0.3) is 0 Å². The second-order valence-corrected chi connectivity index (χ2v) is 1.86. The van der Waals surface area contributed by atoms with Gasteiger partial charge in [0.25, 0.3) is 0 Å². The second-order valence-electron chi connectivity index (χ2n) is 1.86. The first-order valence-corrected chi connectivity index (χ1v) is 2.87. The van der Waals surface area contributed by atoms with Gasteiger partial charge < -0.3 is 4.74 Å². The molecule has 0 aromatic rings. The first-order chi connectivity index (χ1) is 4.34. The topological polar surface area (TPSA) is 26.3 Å². The number of methoxy groups -OCH3 is 1. The van der Waals surface area contributed by atoms with E-state index >= 15 is 0 Å². The average Bonchev–Trinajstić information content (AvgIpc) is 2.37. The molecule has 0 saturated heterocycles. The highest BCUT2D eigenvalue weighted by Gasteiger charge is 2.09. The highest BCUT2D eigenvalue weighted by atomic mass is 16.5. The fraction of sp³-hybridized carbons (Fsp3) is 0.429. The first-order valence-electron chi connectivity index (χ1n) is 2.87. The average molecular weight is 124 g/mol. The summed E-state index contributed by atoms with van der Waals surface area (Å²) in [6, 6.07) is 0. The maximum absolute atomic E-state index is 10.7. The van der Waals surface area contributed by atoms with Crippen LogP contribution in [0.2, 0.25) is 0 Å². The lowest BCUT2D eigenvalue weighted by atomic mass is 10.2. The molecule has 0 atom stereocenters. The van der Waals surface area contributed by atoms with Crippen molar-refractivity contribution in [1.29, 1.82) is 0 Å². The minimum Gasteiger partial charge on any atom is -0.465 e. The molecule has 0 aromatic carbocycles. The number of carbonyl (C=O) groups is 1. The molecule has 0 aliphatic heterocycles. The quantitative estimate of drug-likeness (QED) is 0.385. The molecular formula is C7H8O2. The Morgan fingerprint density at radius 1 is 1.89 bits per heavy atom. The van der Waals surface area contributed by atoms with Crippen LogP contribution in [0.3, 0.4) is 0 Å². The lowest BCUT2D eigenvalue weighted by Crippen LogP contribution is -2.01. The van der Waals surface area contributed by atoms with Crippen molar-refractivity contribution in [1.82, 2.24) is 0 Å². The van der Waals surface area contributed by atoms with Gasteiger partial charge in [-0.3, -0.25) is 0 Å². The van der Waals surface area contributed by atoms with Gasteiger partial charge >= 0.3 is 5.97 Å². The lowest BCUT2D eigenvalue weighted by molar-refractivity contribution is -0.136. The van der Waals surface area contributed by atoms with Crippen molar-refractivity contribution in [3.05, 3.63) is 17.4 Å². The minimum absolute atomic E-state index is 0.247. The summed E-state index contributed by atoms with van der Waals surface area (Å²) in [7, 11) is 1.38. The van der Waals surface area contributed by atoms with Crippen LogP contribution in [0.4, 0.5) is 0 Å². The Bertz CT molecular complexity index is 185. The van der Waals surface area contributed by atoms with Crippen molar-refractivity contribution in [2.45, 2.75) is 12.8 Å². The van der Waals surface area contributed by atoms with E-state index < -0.39 is 0 Å². The maximum atomic E-state index is 10.7. The monoisotopic (exact) mass is 124 g/mol. The molecule has 0 unspecified atom stereocenters. The summed E-state index contributed by atoms with van der Waals surface area (Å²) in [5, 5.41) is 0. The summed E-state index contributed by atoms with van der Waals surface area (Å²) < 4.78 is 4.48. The number of carbonyl (C=O) groups excluding carboxylic acids is 1. The molecule has 0 aromatic heterocycles. The van der Waals surface area contributed by atoms with Crippen molar-refractivity contribution >= 4 is 5.97 Å². The number of esters is 1. The van der Waals surface area contributed by atoms with Crippen molar-refractivity contribution < 1.29 is 9.53 Å². The maximum Gasteiger partial charge on any atom is 0.341 e. The molecule has 0 saturated carbocycles. The molecule has 0 fully saturated rings. The molecule has 1 rings (SSSR count). The number of hydrogen-bond donors (Lipinski definition) is 0. The number of hydrogen-bond acceptors (Lipinski definition) is 2. The van der Waals surface area contributed by atoms with Gasteiger partial charge in [-0.25, -0.2) is 4.79 Å². The summed E-state index contributed by atoms with van der Waals surface area (Å²) >= 11 is 0. The summed E-state index contributed by atoms with van der Waals surface area (Å²) in [6.45, 7) is 0. The second kappa shape index (κ2) is 2.51. The van der Waals surface area contributed by atoms with E-state index in [4.69, 9.17) is 0 Å². The van der Waals surface area contributed by atoms with Gasteiger partial charge in [-0.15, -0.1) is 5.73 Å². The third-order valence-corrected chi connectivity index (χ3v) is 1.25. The molecule has 2 heteroatoms. The zero-order valence-electron chi connectivity index (χ0n) is 5.31. The van der Waals surface area contributed by atoms with Crippen LogP contribution in [0.15, 0.2) is 17.4 Å². The number of ether oxygens (including phenoxy) is 1. The Hall–Kier alpha value is -1.01. The Kier molecular flexibility index (Phi) is 1.71. The normalized spacial score (nSPS) is 15.4. The smallest absolute Gasteiger partial charge is 0.341 e. The highest BCUT2D eigenvalue weighted by Crippen LogP contribution is 2.11. The van der Waals surface area contributed by atoms with Gasteiger partial charge in [0.1, 0.15) is 0 Å². The molecule has 1 aliphatic carbocycles. The summed E-state index contributed by atoms with van der Waals surface area (Å²) in [6.07, 6.45) is 3.56. The predicted octanol–water partition coefficient (Wildman–Crippen LogP) is 1.03. The molecule has 2 nitrogen and oxygen atoms in total. The largest absolute Gasteiger partial charge is 0.465 e. The van der Waals surface area contributed by atoms with Gasteiger partial charge in [-0.2, -0.15) is 0 Å². The number of rotatable bonds is 1. The lowest BCUT2D eigenvalue weighted by Gasteiger charge is -1.94. The Morgan fingerprint density at radius 2 is 2.67 bits per heavy atom. The standard InChI is InChI=1S/C7H8O2/c1-9-7(8)6-4-2-3-5-6/h2H,3,5H2,1H3. The third-order valence-electron chi connectivity index (χ3n) is 1.25. The molecule has 1 aliphatic rings. The van der Waals surface area contributed by atoms with E-state index in [2.05, 4.69) is 10.5 Å². The van der Waals surface area contributed by atoms with Crippen LogP contribution in [0.1, 0.15) is 12.8 Å². The first kappa shape index (κ1) is 6.12. The van der Waals surface area contributed by atoms with Crippen LogP contribution >= 0.6 is 0 Å². The zero-order chi connectivity index (χ0) is 6.69. The van der Waals surface area contributed by atoms with Crippen LogP contribution < -0.4 is 0 Å². The summed E-state index contributed by atoms with van der Waals surface area (Å²) in [5.41, 5.74) is 3.49. The fourth-order valence-electron chi connectivity index (χ4n) is 0.768. The molecule has 0 radical (unpaired) electrons. The van der Waals surface area contributed by atoms with Crippen LogP contribution in [0, 0.1) is 0 Å². The molecule has 0 heterocycles. The predicted molar refractivity (Wildman–Crippen MR) is 32.8 cm³/mol. The zero-order valence-corrected chi connectivity index (χ0v) is 5.31. The van der Waals surface area contributed by atoms with Crippen molar-refractivity contribution in [3.63, 3.8) is 0 Å². The van der Waals surface area contributed by atoms with Gasteiger partial charge in [-0.05, 0) is 18.9 Å². The van der Waals surface area contributed by atoms with Crippen molar-refractivity contribution in [2.24, 2.45) is 0 Å². The highest BCUT2D eigenvalue weighted by molar-refractivity contribution is 5.88. The Balaban J connectivity index is 2.63. The summed E-state index contributed by atoms with van der Waals surface area (Å²) in [4.78, 5) is 10.7. The van der Waals surface area contributed by atoms with E-state index in [1.807, 2.05) is 6.08 Å². The fourth-order valence-corrected chi connectivity index (χ4v) is 0.768. The summed E-state index contributed by atoms with van der Waals surface area (Å²) in [5.74, 6) is -0.247. The van der Waals surface area contributed by atoms with Gasteiger partial charge in [0.2, 0.25) is 0 Å². The van der Waals surface area contributed by atoms with Crippen LogP contribution in [-0.4, -0.2) is 13.1 Å². The molecule has 0 spiro atoms. The van der Waals surface area contributed by atoms with Gasteiger partial charge in [0.05, 0.1) is 12.7 Å². The minimum atomic E-state index is -0.247. The third kappa shape index (κ3) is 1.21. The molecule has 9 heavy (non-hydrogen) atoms. The van der Waals surface area contributed by atoms with Gasteiger partial charge in [-0.1, -0.05) is 0 Å². The molecular weight excluding hydrogens is 116 g/mol. The van der Waals surface area contributed by atoms with E-state index in [9.17, 15) is 4.79 Å². The van der Waals surface area contributed by atoms with Crippen LogP contribution in [0.5, 0.6) is 0 Å². The molecule has 0 N–H and O–H groups in total. The van der Waals surface area contributed by atoms with E-state index in [1.165, 1.54) is 7.11 Å². The Labute approximate surface area is 53.8 Å².